The van der Waals surface area contributed by atoms with Crippen LogP contribution >= 0.6 is 0 Å². The second kappa shape index (κ2) is 7.77. The summed E-state index contributed by atoms with van der Waals surface area (Å²) in [5, 5.41) is 3.21. The Morgan fingerprint density at radius 3 is 2.54 bits per heavy atom. The lowest BCUT2D eigenvalue weighted by Gasteiger charge is -2.36. The van der Waals surface area contributed by atoms with Gasteiger partial charge in [0.15, 0.2) is 0 Å². The van der Waals surface area contributed by atoms with Crippen molar-refractivity contribution >= 4 is 11.8 Å². The Hall–Kier alpha value is -1.92. The van der Waals surface area contributed by atoms with Gasteiger partial charge in [-0.3, -0.25) is 9.59 Å². The largest absolute Gasteiger partial charge is 0.340 e. The summed E-state index contributed by atoms with van der Waals surface area (Å²) in [5.41, 5.74) is 1.12. The van der Waals surface area contributed by atoms with Crippen molar-refractivity contribution in [2.45, 2.75) is 19.0 Å². The average Bonchev–Trinajstić information content (AvgIpc) is 2.60. The number of nitrogens with zero attached hydrogens (tertiary/aromatic N) is 3. The van der Waals surface area contributed by atoms with Crippen LogP contribution in [-0.2, 0) is 16.1 Å². The van der Waals surface area contributed by atoms with Crippen LogP contribution in [0.25, 0.3) is 0 Å². The van der Waals surface area contributed by atoms with Gasteiger partial charge in [0, 0.05) is 45.8 Å². The quantitative estimate of drug-likeness (QED) is 0.854. The van der Waals surface area contributed by atoms with Gasteiger partial charge in [-0.15, -0.1) is 0 Å². The van der Waals surface area contributed by atoms with Crippen LogP contribution in [0, 0.1) is 0 Å². The van der Waals surface area contributed by atoms with Gasteiger partial charge in [-0.2, -0.15) is 0 Å². The third-order valence-corrected chi connectivity index (χ3v) is 4.83. The maximum atomic E-state index is 12.7. The van der Waals surface area contributed by atoms with Crippen LogP contribution in [0.1, 0.15) is 12.0 Å². The number of carbonyl (C=O) groups excluding carboxylic acids is 2. The maximum Gasteiger partial charge on any atom is 0.240 e. The van der Waals surface area contributed by atoms with Gasteiger partial charge in [-0.25, -0.2) is 0 Å². The molecule has 1 aromatic carbocycles. The van der Waals surface area contributed by atoms with Crippen LogP contribution in [0.4, 0.5) is 0 Å². The number of benzene rings is 1. The molecule has 6 nitrogen and oxygen atoms in total. The van der Waals surface area contributed by atoms with Crippen LogP contribution in [-0.4, -0.2) is 78.9 Å². The molecule has 0 bridgehead atoms. The molecular formula is C18H26N4O2. The standard InChI is InChI=1S/C18H26N4O2/c1-20-9-11-21(12-10-20)17(23)13-16-18(24)22(8-7-19-16)14-15-5-3-2-4-6-15/h2-6,16,19H,7-14H2,1H3. The number of hydrogen-bond acceptors (Lipinski definition) is 4. The summed E-state index contributed by atoms with van der Waals surface area (Å²) in [7, 11) is 2.06. The summed E-state index contributed by atoms with van der Waals surface area (Å²) in [4.78, 5) is 31.1. The van der Waals surface area contributed by atoms with Gasteiger partial charge in [0.05, 0.1) is 12.5 Å². The number of likely N-dealkylation sites (N-methyl/N-ethyl adjacent to an activating group) is 1. The molecular weight excluding hydrogens is 304 g/mol. The first-order chi connectivity index (χ1) is 11.6. The fraction of sp³-hybridized carbons (Fsp3) is 0.556. The number of piperazine rings is 2. The molecule has 1 atom stereocenters. The van der Waals surface area contributed by atoms with Gasteiger partial charge < -0.3 is 20.0 Å². The van der Waals surface area contributed by atoms with Crippen molar-refractivity contribution < 1.29 is 9.59 Å². The molecule has 1 unspecified atom stereocenters. The molecule has 2 amide bonds. The summed E-state index contributed by atoms with van der Waals surface area (Å²) < 4.78 is 0. The Bertz CT molecular complexity index is 570. The van der Waals surface area contributed by atoms with Gasteiger partial charge in [0.25, 0.3) is 0 Å². The lowest BCUT2D eigenvalue weighted by molar-refractivity contribution is -0.142. The highest BCUT2D eigenvalue weighted by Gasteiger charge is 2.31. The Morgan fingerprint density at radius 2 is 1.83 bits per heavy atom. The number of nitrogens with one attached hydrogen (secondary N) is 1. The Balaban J connectivity index is 1.55. The third kappa shape index (κ3) is 4.13. The second-order valence-electron chi connectivity index (χ2n) is 6.64. The van der Waals surface area contributed by atoms with Gasteiger partial charge in [0.2, 0.25) is 11.8 Å². The van der Waals surface area contributed by atoms with Crippen LogP contribution < -0.4 is 5.32 Å². The molecule has 0 aromatic heterocycles. The zero-order valence-electron chi connectivity index (χ0n) is 14.3. The zero-order valence-corrected chi connectivity index (χ0v) is 14.3. The topological polar surface area (TPSA) is 55.9 Å². The Kier molecular flexibility index (Phi) is 5.48. The van der Waals surface area contributed by atoms with E-state index < -0.39 is 6.04 Å². The number of carbonyl (C=O) groups is 2. The normalized spacial score (nSPS) is 22.7. The summed E-state index contributed by atoms with van der Waals surface area (Å²) in [6.45, 7) is 5.34. The molecule has 1 N–H and O–H groups in total. The first-order valence-corrected chi connectivity index (χ1v) is 8.66. The fourth-order valence-electron chi connectivity index (χ4n) is 3.27. The summed E-state index contributed by atoms with van der Waals surface area (Å²) in [6, 6.07) is 9.60. The molecule has 0 spiro atoms. The highest BCUT2D eigenvalue weighted by molar-refractivity contribution is 5.89. The van der Waals surface area contributed by atoms with Crippen LogP contribution in [0.5, 0.6) is 0 Å². The maximum absolute atomic E-state index is 12.7. The lowest BCUT2D eigenvalue weighted by atomic mass is 10.1. The van der Waals surface area contributed by atoms with E-state index in [0.717, 1.165) is 38.3 Å². The minimum atomic E-state index is -0.394. The number of hydrogen-bond donors (Lipinski definition) is 1. The molecule has 2 saturated heterocycles. The molecule has 3 rings (SSSR count). The van der Waals surface area contributed by atoms with Crippen molar-refractivity contribution in [2.75, 3.05) is 46.3 Å². The molecule has 24 heavy (non-hydrogen) atoms. The molecule has 2 fully saturated rings. The van der Waals surface area contributed by atoms with Crippen LogP contribution in [0.2, 0.25) is 0 Å². The van der Waals surface area contributed by atoms with Crippen molar-refractivity contribution in [3.63, 3.8) is 0 Å². The van der Waals surface area contributed by atoms with Crippen molar-refractivity contribution in [3.05, 3.63) is 35.9 Å². The lowest BCUT2D eigenvalue weighted by Crippen LogP contribution is -2.56. The van der Waals surface area contributed by atoms with E-state index in [1.807, 2.05) is 40.1 Å². The Morgan fingerprint density at radius 1 is 1.12 bits per heavy atom. The third-order valence-electron chi connectivity index (χ3n) is 4.83. The summed E-state index contributed by atoms with van der Waals surface area (Å²) in [5.74, 6) is 0.114. The van der Waals surface area contributed by atoms with E-state index in [9.17, 15) is 9.59 Å². The van der Waals surface area contributed by atoms with Crippen LogP contribution in [0.3, 0.4) is 0 Å². The van der Waals surface area contributed by atoms with Crippen molar-refractivity contribution in [1.82, 2.24) is 20.0 Å². The number of rotatable bonds is 4. The molecule has 2 heterocycles. The number of amides is 2. The van der Waals surface area contributed by atoms with E-state index in [1.165, 1.54) is 0 Å². The van der Waals surface area contributed by atoms with Crippen molar-refractivity contribution in [1.29, 1.82) is 0 Å². The molecule has 1 aromatic rings. The highest BCUT2D eigenvalue weighted by atomic mass is 16.2. The van der Waals surface area contributed by atoms with Crippen LogP contribution in [0.15, 0.2) is 30.3 Å². The average molecular weight is 330 g/mol. The second-order valence-corrected chi connectivity index (χ2v) is 6.64. The van der Waals surface area contributed by atoms with E-state index in [0.29, 0.717) is 13.1 Å². The fourth-order valence-corrected chi connectivity index (χ4v) is 3.27. The zero-order chi connectivity index (χ0) is 16.9. The minimum Gasteiger partial charge on any atom is -0.340 e. The van der Waals surface area contributed by atoms with Gasteiger partial charge in [0.1, 0.15) is 0 Å². The molecule has 130 valence electrons. The first-order valence-electron chi connectivity index (χ1n) is 8.66. The Labute approximate surface area is 143 Å². The smallest absolute Gasteiger partial charge is 0.240 e. The molecule has 6 heteroatoms. The van der Waals surface area contributed by atoms with Gasteiger partial charge >= 0.3 is 0 Å². The van der Waals surface area contributed by atoms with Crippen molar-refractivity contribution in [3.8, 4) is 0 Å². The monoisotopic (exact) mass is 330 g/mol. The minimum absolute atomic E-state index is 0.0348. The molecule has 0 radical (unpaired) electrons. The SMILES string of the molecule is CN1CCN(C(=O)CC2NCCN(Cc3ccccc3)C2=O)CC1. The van der Waals surface area contributed by atoms with E-state index in [4.69, 9.17) is 0 Å². The van der Waals surface area contributed by atoms with E-state index in [2.05, 4.69) is 17.3 Å². The molecule has 0 saturated carbocycles. The summed E-state index contributed by atoms with van der Waals surface area (Å²) >= 11 is 0. The summed E-state index contributed by atoms with van der Waals surface area (Å²) in [6.07, 6.45) is 0.258. The van der Waals surface area contributed by atoms with E-state index in [1.54, 1.807) is 0 Å². The van der Waals surface area contributed by atoms with Crippen molar-refractivity contribution in [2.24, 2.45) is 0 Å². The highest BCUT2D eigenvalue weighted by Crippen LogP contribution is 2.12. The molecule has 2 aliphatic heterocycles. The first kappa shape index (κ1) is 16.9. The molecule has 2 aliphatic rings. The predicted molar refractivity (Wildman–Crippen MR) is 92.3 cm³/mol. The van der Waals surface area contributed by atoms with Gasteiger partial charge in [-0.05, 0) is 12.6 Å². The predicted octanol–water partition coefficient (Wildman–Crippen LogP) is 0.151. The molecule has 0 aliphatic carbocycles. The van der Waals surface area contributed by atoms with Gasteiger partial charge in [-0.1, -0.05) is 30.3 Å². The van der Waals surface area contributed by atoms with E-state index >= 15 is 0 Å². The van der Waals surface area contributed by atoms with E-state index in [-0.39, 0.29) is 18.2 Å².